The Morgan fingerprint density at radius 1 is 1.29 bits per heavy atom. The average molecular weight is 249 g/mol. The summed E-state index contributed by atoms with van der Waals surface area (Å²) >= 11 is 6.08. The zero-order valence-corrected chi connectivity index (χ0v) is 10.1. The van der Waals surface area contributed by atoms with Crippen molar-refractivity contribution in [2.24, 2.45) is 0 Å². The van der Waals surface area contributed by atoms with Gasteiger partial charge in [0.1, 0.15) is 17.6 Å². The van der Waals surface area contributed by atoms with Gasteiger partial charge in [0.15, 0.2) is 0 Å². The molecule has 0 spiro atoms. The largest absolute Gasteiger partial charge is 0.496 e. The molecule has 2 rings (SSSR count). The fourth-order valence-corrected chi connectivity index (χ4v) is 1.99. The highest BCUT2D eigenvalue weighted by Crippen LogP contribution is 2.40. The molecular weight excluding hydrogens is 240 g/mol. The number of aromatic nitrogens is 1. The molecule has 0 aliphatic carbocycles. The van der Waals surface area contributed by atoms with Gasteiger partial charge in [0.2, 0.25) is 0 Å². The monoisotopic (exact) mass is 248 g/mol. The predicted molar refractivity (Wildman–Crippen MR) is 64.6 cm³/mol. The lowest BCUT2D eigenvalue weighted by atomic mass is 10.1. The molecule has 0 unspecified atom stereocenters. The normalized spacial score (nSPS) is 10.0. The number of methoxy groups -OCH3 is 2. The van der Waals surface area contributed by atoms with Gasteiger partial charge in [0.05, 0.1) is 24.8 Å². The first-order valence-corrected chi connectivity index (χ1v) is 5.19. The molecule has 2 aromatic rings. The van der Waals surface area contributed by atoms with Crippen LogP contribution in [0.1, 0.15) is 5.56 Å². The number of pyridine rings is 1. The van der Waals surface area contributed by atoms with Gasteiger partial charge in [-0.15, -0.1) is 0 Å². The van der Waals surface area contributed by atoms with Crippen LogP contribution in [0.15, 0.2) is 18.5 Å². The van der Waals surface area contributed by atoms with Gasteiger partial charge in [-0.3, -0.25) is 4.98 Å². The molecule has 0 N–H and O–H groups in total. The van der Waals surface area contributed by atoms with Crippen molar-refractivity contribution in [1.82, 2.24) is 4.98 Å². The van der Waals surface area contributed by atoms with Crippen molar-refractivity contribution in [2.75, 3.05) is 14.2 Å². The van der Waals surface area contributed by atoms with Crippen LogP contribution in [-0.2, 0) is 0 Å². The molecule has 0 amide bonds. The van der Waals surface area contributed by atoms with Crippen molar-refractivity contribution in [3.8, 4) is 17.6 Å². The summed E-state index contributed by atoms with van der Waals surface area (Å²) in [6.07, 6.45) is 3.09. The maximum atomic E-state index is 9.08. The number of rotatable bonds is 2. The molecule has 0 fully saturated rings. The van der Waals surface area contributed by atoms with Gasteiger partial charge in [-0.25, -0.2) is 0 Å². The number of benzene rings is 1. The lowest BCUT2D eigenvalue weighted by Crippen LogP contribution is -1.94. The van der Waals surface area contributed by atoms with Gasteiger partial charge in [0, 0.05) is 29.2 Å². The third-order valence-electron chi connectivity index (χ3n) is 2.46. The van der Waals surface area contributed by atoms with E-state index >= 15 is 0 Å². The molecule has 0 saturated carbocycles. The molecule has 4 nitrogen and oxygen atoms in total. The van der Waals surface area contributed by atoms with Crippen LogP contribution in [0.2, 0.25) is 5.02 Å². The second-order valence-corrected chi connectivity index (χ2v) is 3.72. The zero-order chi connectivity index (χ0) is 12.4. The zero-order valence-electron chi connectivity index (χ0n) is 9.32. The fourth-order valence-electron chi connectivity index (χ4n) is 1.72. The highest BCUT2D eigenvalue weighted by molar-refractivity contribution is 6.33. The maximum absolute atomic E-state index is 9.08. The van der Waals surface area contributed by atoms with E-state index in [0.29, 0.717) is 32.9 Å². The summed E-state index contributed by atoms with van der Waals surface area (Å²) in [6.45, 7) is 0. The van der Waals surface area contributed by atoms with Crippen LogP contribution >= 0.6 is 11.6 Å². The molecule has 1 aromatic carbocycles. The van der Waals surface area contributed by atoms with E-state index in [0.717, 1.165) is 0 Å². The van der Waals surface area contributed by atoms with Crippen LogP contribution in [0.4, 0.5) is 0 Å². The molecule has 17 heavy (non-hydrogen) atoms. The van der Waals surface area contributed by atoms with Crippen molar-refractivity contribution in [1.29, 1.82) is 5.26 Å². The first-order chi connectivity index (χ1) is 8.22. The molecule has 0 aliphatic heterocycles. The van der Waals surface area contributed by atoms with Crippen LogP contribution in [0.3, 0.4) is 0 Å². The van der Waals surface area contributed by atoms with E-state index < -0.39 is 0 Å². The summed E-state index contributed by atoms with van der Waals surface area (Å²) in [7, 11) is 3.05. The van der Waals surface area contributed by atoms with E-state index in [2.05, 4.69) is 11.1 Å². The number of hydrogen-bond donors (Lipinski definition) is 0. The second-order valence-electron chi connectivity index (χ2n) is 3.32. The van der Waals surface area contributed by atoms with Crippen LogP contribution in [-0.4, -0.2) is 19.2 Å². The first-order valence-electron chi connectivity index (χ1n) is 4.81. The minimum absolute atomic E-state index is 0.402. The quantitative estimate of drug-likeness (QED) is 0.820. The molecule has 1 heterocycles. The molecular formula is C12H9ClN2O2. The fraction of sp³-hybridized carbons (Fsp3) is 0.167. The summed E-state index contributed by atoms with van der Waals surface area (Å²) < 4.78 is 10.5. The Kier molecular flexibility index (Phi) is 3.03. The number of fused-ring (bicyclic) bond motifs is 1. The highest BCUT2D eigenvalue weighted by atomic mass is 35.5. The molecule has 0 radical (unpaired) electrons. The van der Waals surface area contributed by atoms with E-state index in [-0.39, 0.29) is 0 Å². The topological polar surface area (TPSA) is 55.1 Å². The summed E-state index contributed by atoms with van der Waals surface area (Å²) in [4.78, 5) is 4.00. The molecule has 86 valence electrons. The maximum Gasteiger partial charge on any atom is 0.146 e. The third kappa shape index (κ3) is 1.75. The van der Waals surface area contributed by atoms with Gasteiger partial charge in [-0.1, -0.05) is 11.6 Å². The SMILES string of the molecule is COc1cc(Cl)c(OC)c2c(C#N)cncc12. The Morgan fingerprint density at radius 3 is 2.65 bits per heavy atom. The summed E-state index contributed by atoms with van der Waals surface area (Å²) in [5.74, 6) is 1.02. The van der Waals surface area contributed by atoms with E-state index in [1.54, 1.807) is 12.3 Å². The Morgan fingerprint density at radius 2 is 2.06 bits per heavy atom. The van der Waals surface area contributed by atoms with Crippen molar-refractivity contribution < 1.29 is 9.47 Å². The first kappa shape index (κ1) is 11.5. The molecule has 0 saturated heterocycles. The van der Waals surface area contributed by atoms with Crippen LogP contribution in [0, 0.1) is 11.3 Å². The van der Waals surface area contributed by atoms with Gasteiger partial charge < -0.3 is 9.47 Å². The Bertz CT molecular complexity index is 620. The molecule has 0 aliphatic rings. The van der Waals surface area contributed by atoms with E-state index in [4.69, 9.17) is 26.3 Å². The smallest absolute Gasteiger partial charge is 0.146 e. The summed E-state index contributed by atoms with van der Waals surface area (Å²) in [5, 5.41) is 10.8. The number of nitrogens with zero attached hydrogens (tertiary/aromatic N) is 2. The van der Waals surface area contributed by atoms with Crippen molar-refractivity contribution in [3.05, 3.63) is 29.0 Å². The van der Waals surface area contributed by atoms with E-state index in [9.17, 15) is 0 Å². The van der Waals surface area contributed by atoms with Gasteiger partial charge in [-0.05, 0) is 0 Å². The number of nitriles is 1. The van der Waals surface area contributed by atoms with Crippen molar-refractivity contribution >= 4 is 22.4 Å². The summed E-state index contributed by atoms with van der Waals surface area (Å²) in [6, 6.07) is 3.71. The van der Waals surface area contributed by atoms with Gasteiger partial charge >= 0.3 is 0 Å². The lowest BCUT2D eigenvalue weighted by molar-refractivity contribution is 0.410. The number of halogens is 1. The van der Waals surface area contributed by atoms with Gasteiger partial charge in [0.25, 0.3) is 0 Å². The lowest BCUT2D eigenvalue weighted by Gasteiger charge is -2.12. The molecule has 0 bridgehead atoms. The molecule has 1 aromatic heterocycles. The molecule has 0 atom stereocenters. The van der Waals surface area contributed by atoms with Crippen LogP contribution in [0.25, 0.3) is 10.8 Å². The highest BCUT2D eigenvalue weighted by Gasteiger charge is 2.15. The minimum Gasteiger partial charge on any atom is -0.496 e. The van der Waals surface area contributed by atoms with Crippen LogP contribution in [0.5, 0.6) is 11.5 Å². The number of ether oxygens (including phenoxy) is 2. The van der Waals surface area contributed by atoms with Gasteiger partial charge in [-0.2, -0.15) is 5.26 Å². The van der Waals surface area contributed by atoms with Crippen molar-refractivity contribution in [3.63, 3.8) is 0 Å². The second kappa shape index (κ2) is 4.48. The predicted octanol–water partition coefficient (Wildman–Crippen LogP) is 2.78. The Labute approximate surface area is 103 Å². The standard InChI is InChI=1S/C12H9ClN2O2/c1-16-10-3-9(13)12(17-2)11-7(4-14)5-15-6-8(10)11/h3,5-6H,1-2H3. The number of hydrogen-bond acceptors (Lipinski definition) is 4. The van der Waals surface area contributed by atoms with Crippen molar-refractivity contribution in [2.45, 2.75) is 0 Å². The average Bonchev–Trinajstić information content (AvgIpc) is 2.37. The molecule has 5 heteroatoms. The third-order valence-corrected chi connectivity index (χ3v) is 2.74. The van der Waals surface area contributed by atoms with E-state index in [1.165, 1.54) is 20.4 Å². The van der Waals surface area contributed by atoms with Crippen LogP contribution < -0.4 is 9.47 Å². The van der Waals surface area contributed by atoms with E-state index in [1.807, 2.05) is 0 Å². The Balaban J connectivity index is 2.99. The summed E-state index contributed by atoms with van der Waals surface area (Å²) in [5.41, 5.74) is 0.403. The Hall–Kier alpha value is -1.99. The minimum atomic E-state index is 0.402.